The van der Waals surface area contributed by atoms with Crippen molar-refractivity contribution in [3.05, 3.63) is 82.3 Å². The standard InChI is InChI=1S/C22H19FN2O3S/c1-14(28-16-6-3-2-4-7-16)22(27)25-13-20(26)24-18-10-9-15(23)12-17(18)21(25)19-8-5-11-29-19/h2-12,14,21H,13H2,1H3,(H,24,26). The Morgan fingerprint density at radius 3 is 2.72 bits per heavy atom. The smallest absolute Gasteiger partial charge is 0.264 e. The first-order valence-corrected chi connectivity index (χ1v) is 10.1. The molecule has 2 heterocycles. The average molecular weight is 410 g/mol. The molecule has 0 saturated carbocycles. The molecule has 1 aromatic heterocycles. The zero-order chi connectivity index (χ0) is 20.4. The third-order valence-corrected chi connectivity index (χ3v) is 5.63. The maximum atomic E-state index is 14.1. The molecule has 2 aromatic carbocycles. The van der Waals surface area contributed by atoms with Crippen LogP contribution >= 0.6 is 11.3 Å². The summed E-state index contributed by atoms with van der Waals surface area (Å²) in [5, 5.41) is 4.67. The highest BCUT2D eigenvalue weighted by molar-refractivity contribution is 7.10. The van der Waals surface area contributed by atoms with Crippen molar-refractivity contribution in [2.75, 3.05) is 11.9 Å². The van der Waals surface area contributed by atoms with E-state index >= 15 is 0 Å². The van der Waals surface area contributed by atoms with Crippen LogP contribution in [0.2, 0.25) is 0 Å². The molecule has 2 amide bonds. The van der Waals surface area contributed by atoms with Gasteiger partial charge in [0.1, 0.15) is 18.1 Å². The molecule has 2 atom stereocenters. The third-order valence-electron chi connectivity index (χ3n) is 4.71. The van der Waals surface area contributed by atoms with E-state index in [4.69, 9.17) is 4.74 Å². The number of thiophene rings is 1. The number of nitrogens with zero attached hydrogens (tertiary/aromatic N) is 1. The molecular formula is C22H19FN2O3S. The lowest BCUT2D eigenvalue weighted by molar-refractivity contribution is -0.142. The van der Waals surface area contributed by atoms with E-state index in [2.05, 4.69) is 5.32 Å². The van der Waals surface area contributed by atoms with Gasteiger partial charge in [-0.2, -0.15) is 0 Å². The van der Waals surface area contributed by atoms with E-state index in [1.807, 2.05) is 35.7 Å². The Morgan fingerprint density at radius 1 is 1.21 bits per heavy atom. The fourth-order valence-corrected chi connectivity index (χ4v) is 4.28. The third kappa shape index (κ3) is 4.00. The number of amides is 2. The second-order valence-corrected chi connectivity index (χ2v) is 7.72. The largest absolute Gasteiger partial charge is 0.481 e. The van der Waals surface area contributed by atoms with Crippen LogP contribution in [0.5, 0.6) is 5.75 Å². The van der Waals surface area contributed by atoms with Crippen LogP contribution in [0, 0.1) is 5.82 Å². The quantitative estimate of drug-likeness (QED) is 0.701. The lowest BCUT2D eigenvalue weighted by Crippen LogP contribution is -2.45. The van der Waals surface area contributed by atoms with Crippen LogP contribution in [-0.2, 0) is 9.59 Å². The summed E-state index contributed by atoms with van der Waals surface area (Å²) < 4.78 is 19.9. The van der Waals surface area contributed by atoms with Gasteiger partial charge in [0.25, 0.3) is 5.91 Å². The number of carbonyl (C=O) groups excluding carboxylic acids is 2. The van der Waals surface area contributed by atoms with Crippen molar-refractivity contribution in [2.45, 2.75) is 19.1 Å². The Hall–Kier alpha value is -3.19. The first-order valence-electron chi connectivity index (χ1n) is 9.18. The average Bonchev–Trinajstić information content (AvgIpc) is 3.19. The summed E-state index contributed by atoms with van der Waals surface area (Å²) in [6, 6.07) is 16.4. The number of fused-ring (bicyclic) bond motifs is 1. The number of nitrogens with one attached hydrogen (secondary N) is 1. The summed E-state index contributed by atoms with van der Waals surface area (Å²) in [6.45, 7) is 1.50. The van der Waals surface area contributed by atoms with E-state index in [1.165, 1.54) is 34.4 Å². The zero-order valence-electron chi connectivity index (χ0n) is 15.7. The van der Waals surface area contributed by atoms with E-state index in [-0.39, 0.29) is 18.4 Å². The molecule has 2 unspecified atom stereocenters. The Bertz CT molecular complexity index is 1020. The predicted octanol–water partition coefficient (Wildman–Crippen LogP) is 4.22. The summed E-state index contributed by atoms with van der Waals surface area (Å²) in [7, 11) is 0. The van der Waals surface area contributed by atoms with Gasteiger partial charge < -0.3 is 15.0 Å². The molecule has 0 spiro atoms. The van der Waals surface area contributed by atoms with Gasteiger partial charge in [0.15, 0.2) is 6.10 Å². The van der Waals surface area contributed by atoms with Crippen molar-refractivity contribution < 1.29 is 18.7 Å². The van der Waals surface area contributed by atoms with Crippen LogP contribution < -0.4 is 10.1 Å². The lowest BCUT2D eigenvalue weighted by atomic mass is 10.0. The Labute approximate surface area is 171 Å². The van der Waals surface area contributed by atoms with Gasteiger partial charge in [0.2, 0.25) is 5.91 Å². The van der Waals surface area contributed by atoms with Crippen LogP contribution in [0.3, 0.4) is 0 Å². The van der Waals surface area contributed by atoms with Gasteiger partial charge in [-0.15, -0.1) is 11.3 Å². The van der Waals surface area contributed by atoms with E-state index in [0.717, 1.165) is 4.88 Å². The topological polar surface area (TPSA) is 58.6 Å². The molecular weight excluding hydrogens is 391 g/mol. The molecule has 29 heavy (non-hydrogen) atoms. The molecule has 5 nitrogen and oxygen atoms in total. The second-order valence-electron chi connectivity index (χ2n) is 6.74. The number of halogens is 1. The maximum Gasteiger partial charge on any atom is 0.264 e. The summed E-state index contributed by atoms with van der Waals surface area (Å²) >= 11 is 1.45. The Kier molecular flexibility index (Phi) is 5.31. The Morgan fingerprint density at radius 2 is 2.00 bits per heavy atom. The molecule has 1 aliphatic rings. The van der Waals surface area contributed by atoms with Crippen molar-refractivity contribution in [2.24, 2.45) is 0 Å². The molecule has 148 valence electrons. The number of hydrogen-bond acceptors (Lipinski definition) is 4. The van der Waals surface area contributed by atoms with E-state index < -0.39 is 18.0 Å². The second kappa shape index (κ2) is 8.05. The number of anilines is 1. The highest BCUT2D eigenvalue weighted by Crippen LogP contribution is 2.38. The minimum Gasteiger partial charge on any atom is -0.481 e. The molecule has 3 aromatic rings. The molecule has 0 bridgehead atoms. The molecule has 0 radical (unpaired) electrons. The van der Waals surface area contributed by atoms with Crippen molar-refractivity contribution >= 4 is 28.8 Å². The summed E-state index contributed by atoms with van der Waals surface area (Å²) in [5.41, 5.74) is 1.04. The number of ether oxygens (including phenoxy) is 1. The maximum absolute atomic E-state index is 14.1. The molecule has 7 heteroatoms. The normalized spacial score (nSPS) is 17.1. The van der Waals surface area contributed by atoms with Gasteiger partial charge in [-0.25, -0.2) is 4.39 Å². The van der Waals surface area contributed by atoms with Gasteiger partial charge in [-0.1, -0.05) is 24.3 Å². The number of benzene rings is 2. The summed E-state index contributed by atoms with van der Waals surface area (Å²) in [5.74, 6) is -0.550. The van der Waals surface area contributed by atoms with Crippen LogP contribution in [0.4, 0.5) is 10.1 Å². The Balaban J connectivity index is 1.73. The molecule has 4 rings (SSSR count). The molecule has 0 fully saturated rings. The van der Waals surface area contributed by atoms with Crippen molar-refractivity contribution in [1.82, 2.24) is 4.90 Å². The highest BCUT2D eigenvalue weighted by Gasteiger charge is 2.36. The summed E-state index contributed by atoms with van der Waals surface area (Å²) in [6.07, 6.45) is -0.817. The fraction of sp³-hybridized carbons (Fsp3) is 0.182. The first kappa shape index (κ1) is 19.1. The molecule has 1 N–H and O–H groups in total. The SMILES string of the molecule is CC(Oc1ccccc1)C(=O)N1CC(=O)Nc2ccc(F)cc2C1c1cccs1. The van der Waals surface area contributed by atoms with Crippen molar-refractivity contribution in [1.29, 1.82) is 0 Å². The van der Waals surface area contributed by atoms with Crippen molar-refractivity contribution in [3.8, 4) is 5.75 Å². The number of carbonyl (C=O) groups is 2. The van der Waals surface area contributed by atoms with Gasteiger partial charge in [-0.3, -0.25) is 9.59 Å². The number of rotatable bonds is 4. The van der Waals surface area contributed by atoms with Gasteiger partial charge in [0, 0.05) is 16.1 Å². The fourth-order valence-electron chi connectivity index (χ4n) is 3.42. The van der Waals surface area contributed by atoms with Gasteiger partial charge in [0.05, 0.1) is 6.04 Å². The van der Waals surface area contributed by atoms with E-state index in [0.29, 0.717) is 17.0 Å². The zero-order valence-corrected chi connectivity index (χ0v) is 16.5. The molecule has 0 saturated heterocycles. The minimum atomic E-state index is -0.817. The summed E-state index contributed by atoms with van der Waals surface area (Å²) in [4.78, 5) is 28.1. The first-order chi connectivity index (χ1) is 14.0. The van der Waals surface area contributed by atoms with Crippen LogP contribution in [-0.4, -0.2) is 29.4 Å². The predicted molar refractivity (Wildman–Crippen MR) is 109 cm³/mol. The lowest BCUT2D eigenvalue weighted by Gasteiger charge is -2.31. The monoisotopic (exact) mass is 410 g/mol. The number of hydrogen-bond donors (Lipinski definition) is 1. The van der Waals surface area contributed by atoms with Gasteiger partial charge in [-0.05, 0) is 48.7 Å². The van der Waals surface area contributed by atoms with Gasteiger partial charge >= 0.3 is 0 Å². The van der Waals surface area contributed by atoms with Crippen molar-refractivity contribution in [3.63, 3.8) is 0 Å². The highest BCUT2D eigenvalue weighted by atomic mass is 32.1. The van der Waals surface area contributed by atoms with Crippen LogP contribution in [0.25, 0.3) is 0 Å². The van der Waals surface area contributed by atoms with Crippen LogP contribution in [0.15, 0.2) is 66.0 Å². The number of para-hydroxylation sites is 1. The van der Waals surface area contributed by atoms with E-state index in [9.17, 15) is 14.0 Å². The van der Waals surface area contributed by atoms with Crippen LogP contribution in [0.1, 0.15) is 23.4 Å². The molecule has 1 aliphatic heterocycles. The minimum absolute atomic E-state index is 0.153. The van der Waals surface area contributed by atoms with E-state index in [1.54, 1.807) is 19.1 Å². The molecule has 0 aliphatic carbocycles.